The molecular weight excluding hydrogens is 578 g/mol. The molecule has 0 aliphatic heterocycles. The summed E-state index contributed by atoms with van der Waals surface area (Å²) in [6.07, 6.45) is 7.38. The van der Waals surface area contributed by atoms with Gasteiger partial charge in [-0.2, -0.15) is 0 Å². The first kappa shape index (κ1) is 30.4. The quantitative estimate of drug-likeness (QED) is 0.234. The summed E-state index contributed by atoms with van der Waals surface area (Å²) in [4.78, 5) is 42.3. The third-order valence-corrected chi connectivity index (χ3v) is 11.2. The first-order valence-electron chi connectivity index (χ1n) is 15.6. The summed E-state index contributed by atoms with van der Waals surface area (Å²) in [5.41, 5.74) is 1.30. The number of para-hydroxylation sites is 1. The zero-order valence-corrected chi connectivity index (χ0v) is 25.8. The van der Waals surface area contributed by atoms with Gasteiger partial charge in [0.15, 0.2) is 0 Å². The average Bonchev–Trinajstić information content (AvgIpc) is 3.37. The number of aliphatic carboxylic acids is 1. The van der Waals surface area contributed by atoms with Crippen molar-refractivity contribution in [2.75, 3.05) is 11.5 Å². The lowest BCUT2D eigenvalue weighted by molar-refractivity contribution is -0.134. The van der Waals surface area contributed by atoms with Gasteiger partial charge in [0.2, 0.25) is 5.91 Å². The van der Waals surface area contributed by atoms with E-state index < -0.39 is 46.1 Å². The van der Waals surface area contributed by atoms with E-state index in [-0.39, 0.29) is 18.3 Å². The maximum Gasteiger partial charge on any atom is 0.408 e. The minimum absolute atomic E-state index is 0.0334. The van der Waals surface area contributed by atoms with Crippen LogP contribution in [0.3, 0.4) is 0 Å². The Morgan fingerprint density at radius 2 is 1.66 bits per heavy atom. The highest BCUT2D eigenvalue weighted by Gasteiger charge is 2.50. The van der Waals surface area contributed by atoms with Crippen molar-refractivity contribution >= 4 is 39.7 Å². The van der Waals surface area contributed by atoms with Crippen LogP contribution in [0.2, 0.25) is 0 Å². The summed E-state index contributed by atoms with van der Waals surface area (Å²) in [6.45, 7) is 1.69. The Kier molecular flexibility index (Phi) is 8.80. The van der Waals surface area contributed by atoms with Crippen LogP contribution in [0.25, 0.3) is 10.9 Å². The Morgan fingerprint density at radius 3 is 2.34 bits per heavy atom. The lowest BCUT2D eigenvalue weighted by Gasteiger charge is -2.53. The zero-order chi connectivity index (χ0) is 30.8. The molecule has 4 aliphatic rings. The number of nitrogens with one attached hydrogen (secondary N) is 3. The molecule has 0 radical (unpaired) electrons. The Morgan fingerprint density at radius 1 is 1.00 bits per heavy atom. The van der Waals surface area contributed by atoms with Crippen molar-refractivity contribution in [3.8, 4) is 0 Å². The van der Waals surface area contributed by atoms with Gasteiger partial charge in [0.05, 0.1) is 0 Å². The number of rotatable bonds is 12. The highest BCUT2D eigenvalue weighted by atomic mass is 32.2. The first-order valence-corrected chi connectivity index (χ1v) is 17.1. The highest BCUT2D eigenvalue weighted by molar-refractivity contribution is 7.85. The van der Waals surface area contributed by atoms with Gasteiger partial charge in [-0.3, -0.25) is 13.8 Å². The Labute approximate surface area is 260 Å². The van der Waals surface area contributed by atoms with Crippen LogP contribution in [0.15, 0.2) is 60.8 Å². The van der Waals surface area contributed by atoms with E-state index in [1.165, 1.54) is 6.42 Å². The van der Waals surface area contributed by atoms with Crippen LogP contribution >= 0.6 is 0 Å². The summed E-state index contributed by atoms with van der Waals surface area (Å²) in [5, 5.41) is 16.1. The number of alkyl carbamates (subject to hydrolysis) is 1. The number of carbonyl (C=O) groups excluding carboxylic acids is 2. The average molecular weight is 620 g/mol. The molecule has 0 saturated heterocycles. The van der Waals surface area contributed by atoms with E-state index in [1.807, 2.05) is 60.8 Å². The van der Waals surface area contributed by atoms with Crippen molar-refractivity contribution in [1.82, 2.24) is 15.6 Å². The Balaban J connectivity index is 1.23. The van der Waals surface area contributed by atoms with Gasteiger partial charge in [-0.1, -0.05) is 48.5 Å². The molecule has 1 aromatic heterocycles. The van der Waals surface area contributed by atoms with Crippen LogP contribution in [0.5, 0.6) is 0 Å². The molecule has 10 heteroatoms. The molecule has 7 rings (SSSR count). The predicted octanol–water partition coefficient (Wildman–Crippen LogP) is 4.58. The summed E-state index contributed by atoms with van der Waals surface area (Å²) in [5.74, 6) is 0.0935. The van der Waals surface area contributed by atoms with Crippen LogP contribution in [-0.4, -0.2) is 61.5 Å². The molecule has 2 amide bonds. The van der Waals surface area contributed by atoms with Crippen molar-refractivity contribution in [1.29, 1.82) is 0 Å². The first-order chi connectivity index (χ1) is 21.1. The molecule has 4 aliphatic carbocycles. The van der Waals surface area contributed by atoms with Crippen molar-refractivity contribution in [2.45, 2.75) is 69.6 Å². The van der Waals surface area contributed by atoms with Crippen LogP contribution < -0.4 is 10.6 Å². The second kappa shape index (κ2) is 12.8. The summed E-state index contributed by atoms with van der Waals surface area (Å²) in [7, 11) is -1.70. The third kappa shape index (κ3) is 6.85. The van der Waals surface area contributed by atoms with E-state index in [9.17, 15) is 23.7 Å². The number of H-pyrrole nitrogens is 1. The summed E-state index contributed by atoms with van der Waals surface area (Å²) < 4.78 is 18.8. The molecule has 1 unspecified atom stereocenters. The lowest BCUT2D eigenvalue weighted by atomic mass is 9.55. The zero-order valence-electron chi connectivity index (χ0n) is 25.0. The molecule has 0 spiro atoms. The topological polar surface area (TPSA) is 138 Å². The van der Waals surface area contributed by atoms with Gasteiger partial charge >= 0.3 is 12.1 Å². The molecule has 44 heavy (non-hydrogen) atoms. The second-order valence-corrected chi connectivity index (χ2v) is 14.8. The molecule has 2 aromatic carbocycles. The maximum atomic E-state index is 14.2. The molecule has 4 saturated carbocycles. The number of fused-ring (bicyclic) bond motifs is 1. The Hall–Kier alpha value is -3.66. The Bertz CT molecular complexity index is 1510. The number of benzene rings is 2. The van der Waals surface area contributed by atoms with Crippen molar-refractivity contribution in [3.63, 3.8) is 0 Å². The SMILES string of the molecule is C[C@](Cc1c[nH]c2ccccc12)(NC(=O)OC1C2CC3CC(C2)CC1C3)C(=O)NC(Cc1ccccc1)C[S@](=O)CC(=O)O. The number of carbonyl (C=O) groups is 3. The minimum atomic E-state index is -1.70. The number of hydrogen-bond donors (Lipinski definition) is 4. The van der Waals surface area contributed by atoms with Crippen LogP contribution in [0.4, 0.5) is 4.79 Å². The van der Waals surface area contributed by atoms with E-state index in [0.717, 1.165) is 59.5 Å². The van der Waals surface area contributed by atoms with Gasteiger partial charge in [0.1, 0.15) is 17.4 Å². The molecule has 3 aromatic rings. The molecule has 4 N–H and O–H groups in total. The molecule has 9 nitrogen and oxygen atoms in total. The molecule has 1 heterocycles. The summed E-state index contributed by atoms with van der Waals surface area (Å²) in [6, 6.07) is 16.6. The van der Waals surface area contributed by atoms with E-state index in [4.69, 9.17) is 4.74 Å². The number of aromatic amines is 1. The van der Waals surface area contributed by atoms with Gasteiger partial charge in [-0.15, -0.1) is 0 Å². The van der Waals surface area contributed by atoms with Gasteiger partial charge in [-0.05, 0) is 86.3 Å². The van der Waals surface area contributed by atoms with E-state index in [1.54, 1.807) is 6.92 Å². The molecule has 4 bridgehead atoms. The molecule has 4 fully saturated rings. The number of carboxylic acid groups (broad SMARTS) is 1. The summed E-state index contributed by atoms with van der Waals surface area (Å²) >= 11 is 0. The van der Waals surface area contributed by atoms with Crippen LogP contribution in [-0.2, 0) is 38.0 Å². The number of amides is 2. The number of hydrogen-bond acceptors (Lipinski definition) is 5. The van der Waals surface area contributed by atoms with Crippen molar-refractivity contribution in [3.05, 3.63) is 71.9 Å². The number of carboxylic acids is 1. The maximum absolute atomic E-state index is 14.2. The lowest BCUT2D eigenvalue weighted by Crippen LogP contribution is -2.61. The number of ether oxygens (including phenoxy) is 1. The fourth-order valence-electron chi connectivity index (χ4n) is 8.10. The van der Waals surface area contributed by atoms with Crippen LogP contribution in [0.1, 0.15) is 50.2 Å². The van der Waals surface area contributed by atoms with E-state index in [0.29, 0.717) is 18.3 Å². The standard InChI is InChI=1S/C34H41N3O6S/c1-34(17-26-18-35-29-10-6-5-9-28(26)29,37-33(41)43-31-24-12-22-11-23(14-24)15-25(31)13-22)32(40)36-27(19-44(42)20-30(38)39)16-21-7-3-2-4-8-21/h2-10,18,22-25,27,31,35H,11-17,19-20H2,1H3,(H,36,40)(H,37,41)(H,38,39)/t22?,23?,24?,25?,27?,31?,34-,44+/m1/s1. The largest absolute Gasteiger partial charge is 0.481 e. The predicted molar refractivity (Wildman–Crippen MR) is 168 cm³/mol. The fraction of sp³-hybridized carbons (Fsp3) is 0.500. The van der Waals surface area contributed by atoms with Crippen LogP contribution in [0, 0.1) is 23.7 Å². The molecular formula is C34H41N3O6S. The normalized spacial score (nSPS) is 26.4. The van der Waals surface area contributed by atoms with Gasteiger partial charge in [0, 0.05) is 46.1 Å². The smallest absolute Gasteiger partial charge is 0.408 e. The fourth-order valence-corrected chi connectivity index (χ4v) is 9.15. The highest BCUT2D eigenvalue weighted by Crippen LogP contribution is 2.54. The van der Waals surface area contributed by atoms with Crippen molar-refractivity contribution in [2.24, 2.45) is 23.7 Å². The number of aromatic nitrogens is 1. The van der Waals surface area contributed by atoms with E-state index >= 15 is 0 Å². The van der Waals surface area contributed by atoms with Gasteiger partial charge in [0.25, 0.3) is 0 Å². The van der Waals surface area contributed by atoms with Crippen molar-refractivity contribution < 1.29 is 28.4 Å². The van der Waals surface area contributed by atoms with E-state index in [2.05, 4.69) is 15.6 Å². The minimum Gasteiger partial charge on any atom is -0.481 e. The van der Waals surface area contributed by atoms with Gasteiger partial charge in [-0.25, -0.2) is 4.79 Å². The second-order valence-electron chi connectivity index (χ2n) is 13.3. The molecule has 3 atom stereocenters. The van der Waals surface area contributed by atoms with Gasteiger partial charge < -0.3 is 25.5 Å². The monoisotopic (exact) mass is 619 g/mol. The third-order valence-electron chi connectivity index (χ3n) is 9.81. The molecule has 234 valence electrons.